The Hall–Kier alpha value is -1.82. The second-order valence-corrected chi connectivity index (χ2v) is 3.76. The van der Waals surface area contributed by atoms with Crippen LogP contribution in [0.5, 0.6) is 0 Å². The molecule has 0 atom stereocenters. The van der Waals surface area contributed by atoms with Crippen LogP contribution in [-0.2, 0) is 12.8 Å². The van der Waals surface area contributed by atoms with Gasteiger partial charge in [0.1, 0.15) is 0 Å². The van der Waals surface area contributed by atoms with Gasteiger partial charge in [-0.05, 0) is 30.0 Å². The van der Waals surface area contributed by atoms with Gasteiger partial charge in [0.2, 0.25) is 0 Å². The number of benzene rings is 2. The summed E-state index contributed by atoms with van der Waals surface area (Å²) in [5.41, 5.74) is 2.65. The lowest BCUT2D eigenvalue weighted by atomic mass is 10.1. The fraction of sp³-hybridized carbons (Fsp3) is 0.125. The molecule has 0 nitrogen and oxygen atoms in total. The van der Waals surface area contributed by atoms with Crippen molar-refractivity contribution in [3.63, 3.8) is 0 Å². The highest BCUT2D eigenvalue weighted by Gasteiger charge is 1.88. The Morgan fingerprint density at radius 3 is 1.94 bits per heavy atom. The van der Waals surface area contributed by atoms with Crippen molar-refractivity contribution in [2.24, 2.45) is 0 Å². The highest BCUT2D eigenvalue weighted by Crippen LogP contribution is 2.02. The highest BCUT2D eigenvalue weighted by molar-refractivity contribution is 5.19. The Morgan fingerprint density at radius 2 is 1.31 bits per heavy atom. The van der Waals surface area contributed by atoms with Crippen LogP contribution in [0.2, 0.25) is 0 Å². The summed E-state index contributed by atoms with van der Waals surface area (Å²) in [7, 11) is 0. The third kappa shape index (κ3) is 3.39. The van der Waals surface area contributed by atoms with Gasteiger partial charge in [-0.25, -0.2) is 0 Å². The fourth-order valence-corrected chi connectivity index (χ4v) is 1.59. The summed E-state index contributed by atoms with van der Waals surface area (Å²) in [6.07, 6.45) is 7.30. The summed E-state index contributed by atoms with van der Waals surface area (Å²) in [4.78, 5) is 0. The second-order valence-electron chi connectivity index (χ2n) is 3.76. The molecule has 0 spiro atoms. The number of hydrogen-bond acceptors (Lipinski definition) is 0. The van der Waals surface area contributed by atoms with Crippen LogP contribution in [-0.4, -0.2) is 0 Å². The smallest absolute Gasteiger partial charge is 0.00261 e. The van der Waals surface area contributed by atoms with E-state index in [1.807, 2.05) is 12.1 Å². The van der Waals surface area contributed by atoms with Gasteiger partial charge in [-0.2, -0.15) is 0 Å². The van der Waals surface area contributed by atoms with Crippen LogP contribution < -0.4 is 0 Å². The summed E-state index contributed by atoms with van der Waals surface area (Å²) in [6.45, 7) is 0. The van der Waals surface area contributed by atoms with Gasteiger partial charge in [0.15, 0.2) is 0 Å². The molecule has 2 rings (SSSR count). The Balaban J connectivity index is 1.83. The minimum atomic E-state index is 0.897. The van der Waals surface area contributed by atoms with E-state index in [4.69, 9.17) is 0 Å². The van der Waals surface area contributed by atoms with Crippen molar-refractivity contribution in [2.45, 2.75) is 12.8 Å². The number of allylic oxidation sites excluding steroid dienone is 2. The van der Waals surface area contributed by atoms with Gasteiger partial charge >= 0.3 is 0 Å². The van der Waals surface area contributed by atoms with Crippen LogP contribution in [0, 0.1) is 6.08 Å². The summed E-state index contributed by atoms with van der Waals surface area (Å²) in [5.74, 6) is 0. The molecule has 0 bridgehead atoms. The van der Waals surface area contributed by atoms with Crippen LogP contribution in [0.4, 0.5) is 0 Å². The zero-order valence-electron chi connectivity index (χ0n) is 9.27. The molecule has 16 heavy (non-hydrogen) atoms. The molecule has 2 aromatic carbocycles. The van der Waals surface area contributed by atoms with Crippen molar-refractivity contribution in [3.8, 4) is 0 Å². The average molecular weight is 207 g/mol. The van der Waals surface area contributed by atoms with Crippen molar-refractivity contribution in [2.75, 3.05) is 0 Å². The van der Waals surface area contributed by atoms with Crippen molar-refractivity contribution < 1.29 is 0 Å². The van der Waals surface area contributed by atoms with Crippen LogP contribution in [0.3, 0.4) is 0 Å². The van der Waals surface area contributed by atoms with Crippen molar-refractivity contribution in [3.05, 3.63) is 83.9 Å². The van der Waals surface area contributed by atoms with Crippen molar-refractivity contribution in [1.82, 2.24) is 0 Å². The van der Waals surface area contributed by atoms with Gasteiger partial charge in [-0.1, -0.05) is 66.7 Å². The molecule has 0 aromatic heterocycles. The standard InChI is InChI=1S/C16H15/c1-3-9-15(10-4-1)13-7-8-14-16-11-5-2-6-12-16/h1-7,9-12H,13-14H2. The van der Waals surface area contributed by atoms with E-state index in [0.29, 0.717) is 0 Å². The predicted octanol–water partition coefficient (Wildman–Crippen LogP) is 3.83. The first-order chi connectivity index (χ1) is 7.95. The molecule has 0 saturated heterocycles. The Kier molecular flexibility index (Phi) is 3.95. The van der Waals surface area contributed by atoms with E-state index >= 15 is 0 Å². The quantitative estimate of drug-likeness (QED) is 0.714. The number of hydrogen-bond donors (Lipinski definition) is 0. The Labute approximate surface area is 97.3 Å². The van der Waals surface area contributed by atoms with E-state index in [2.05, 4.69) is 60.7 Å². The summed E-state index contributed by atoms with van der Waals surface area (Å²) >= 11 is 0. The molecule has 1 radical (unpaired) electrons. The third-order valence-electron chi connectivity index (χ3n) is 2.47. The normalized spacial score (nSPS) is 10.8. The first-order valence-electron chi connectivity index (χ1n) is 5.58. The van der Waals surface area contributed by atoms with Gasteiger partial charge in [-0.3, -0.25) is 0 Å². The Bertz CT molecular complexity index is 383. The highest BCUT2D eigenvalue weighted by atomic mass is 13.9. The molecule has 0 heterocycles. The maximum absolute atomic E-state index is 3.33. The van der Waals surface area contributed by atoms with Gasteiger partial charge < -0.3 is 0 Å². The Morgan fingerprint density at radius 1 is 0.750 bits per heavy atom. The topological polar surface area (TPSA) is 0 Å². The van der Waals surface area contributed by atoms with Crippen molar-refractivity contribution in [1.29, 1.82) is 0 Å². The van der Waals surface area contributed by atoms with E-state index in [-0.39, 0.29) is 0 Å². The molecule has 0 unspecified atom stereocenters. The zero-order valence-corrected chi connectivity index (χ0v) is 9.27. The van der Waals surface area contributed by atoms with Crippen molar-refractivity contribution >= 4 is 0 Å². The fourth-order valence-electron chi connectivity index (χ4n) is 1.59. The van der Waals surface area contributed by atoms with Crippen LogP contribution >= 0.6 is 0 Å². The molecule has 0 aliphatic rings. The molecule has 0 saturated carbocycles. The molecule has 0 N–H and O–H groups in total. The molecule has 2 aromatic rings. The largest absolute Gasteiger partial charge is 0.0763 e. The molecular weight excluding hydrogens is 192 g/mol. The third-order valence-corrected chi connectivity index (χ3v) is 2.47. The number of rotatable bonds is 4. The minimum absolute atomic E-state index is 0.897. The second kappa shape index (κ2) is 5.92. The maximum Gasteiger partial charge on any atom is -0.00261 e. The summed E-state index contributed by atoms with van der Waals surface area (Å²) in [6, 6.07) is 20.9. The van der Waals surface area contributed by atoms with E-state index in [1.54, 1.807) is 0 Å². The summed E-state index contributed by atoms with van der Waals surface area (Å²) in [5, 5.41) is 0. The molecule has 0 aliphatic carbocycles. The lowest BCUT2D eigenvalue weighted by Crippen LogP contribution is -1.82. The van der Waals surface area contributed by atoms with Gasteiger partial charge in [-0.15, -0.1) is 0 Å². The lowest BCUT2D eigenvalue weighted by Gasteiger charge is -1.95. The first kappa shape index (κ1) is 10.7. The SMILES string of the molecule is [C](=C\Cc1ccccc1)/Cc1ccccc1. The zero-order chi connectivity index (χ0) is 11.1. The monoisotopic (exact) mass is 207 g/mol. The van der Waals surface area contributed by atoms with E-state index < -0.39 is 0 Å². The van der Waals surface area contributed by atoms with Crippen LogP contribution in [0.15, 0.2) is 66.7 Å². The average Bonchev–Trinajstić information content (AvgIpc) is 2.37. The molecule has 0 aliphatic heterocycles. The van der Waals surface area contributed by atoms with E-state index in [1.165, 1.54) is 11.1 Å². The van der Waals surface area contributed by atoms with E-state index in [0.717, 1.165) is 12.8 Å². The maximum atomic E-state index is 3.33. The molecular formula is C16H15. The predicted molar refractivity (Wildman–Crippen MR) is 68.1 cm³/mol. The van der Waals surface area contributed by atoms with Gasteiger partial charge in [0.05, 0.1) is 0 Å². The van der Waals surface area contributed by atoms with Crippen LogP contribution in [0.25, 0.3) is 0 Å². The minimum Gasteiger partial charge on any atom is -0.0763 e. The summed E-state index contributed by atoms with van der Waals surface area (Å²) < 4.78 is 0. The molecule has 0 amide bonds. The van der Waals surface area contributed by atoms with Gasteiger partial charge in [0.25, 0.3) is 0 Å². The molecule has 0 heteroatoms. The first-order valence-corrected chi connectivity index (χ1v) is 5.58. The lowest BCUT2D eigenvalue weighted by molar-refractivity contribution is 1.18. The van der Waals surface area contributed by atoms with Crippen LogP contribution in [0.1, 0.15) is 11.1 Å². The van der Waals surface area contributed by atoms with E-state index in [9.17, 15) is 0 Å². The molecule has 79 valence electrons. The molecule has 0 fully saturated rings. The van der Waals surface area contributed by atoms with Gasteiger partial charge in [0, 0.05) is 0 Å².